The summed E-state index contributed by atoms with van der Waals surface area (Å²) in [5, 5.41) is 16.3. The molecule has 1 unspecified atom stereocenters. The summed E-state index contributed by atoms with van der Waals surface area (Å²) in [6.45, 7) is 5.20. The number of rotatable bonds is 5. The highest BCUT2D eigenvalue weighted by atomic mass is 16.2. The van der Waals surface area contributed by atoms with Gasteiger partial charge in [0.2, 0.25) is 18.2 Å². The summed E-state index contributed by atoms with van der Waals surface area (Å²) in [4.78, 5) is 51.7. The zero-order chi connectivity index (χ0) is 27.0. The Morgan fingerprint density at radius 3 is 2.68 bits per heavy atom. The van der Waals surface area contributed by atoms with Crippen molar-refractivity contribution in [1.82, 2.24) is 20.0 Å². The molecule has 10 nitrogen and oxygen atoms in total. The molecule has 3 heterocycles. The summed E-state index contributed by atoms with van der Waals surface area (Å²) in [5.74, 6) is 4.85. The van der Waals surface area contributed by atoms with E-state index in [0.717, 1.165) is 29.8 Å². The van der Waals surface area contributed by atoms with Crippen molar-refractivity contribution < 1.29 is 19.2 Å². The van der Waals surface area contributed by atoms with Crippen LogP contribution < -0.4 is 10.2 Å². The number of aryl methyl sites for hydroxylation is 1. The van der Waals surface area contributed by atoms with Crippen molar-refractivity contribution in [3.8, 4) is 17.9 Å². The first-order valence-corrected chi connectivity index (χ1v) is 12.7. The van der Waals surface area contributed by atoms with E-state index in [9.17, 15) is 24.4 Å². The number of nitrogens with zero attached hydrogens (tertiary/aromatic N) is 5. The van der Waals surface area contributed by atoms with Gasteiger partial charge in [-0.05, 0) is 57.2 Å². The first-order chi connectivity index (χ1) is 18.2. The van der Waals surface area contributed by atoms with E-state index >= 15 is 0 Å². The maximum absolute atomic E-state index is 13.2. The van der Waals surface area contributed by atoms with E-state index in [4.69, 9.17) is 0 Å². The number of carbonyl (C=O) groups excluding carboxylic acids is 4. The summed E-state index contributed by atoms with van der Waals surface area (Å²) in [5.41, 5.74) is 2.86. The highest BCUT2D eigenvalue weighted by molar-refractivity contribution is 6.07. The molecule has 2 aromatic rings. The smallest absolute Gasteiger partial charge is 0.261 e. The van der Waals surface area contributed by atoms with E-state index in [1.165, 1.54) is 0 Å². The first kappa shape index (κ1) is 25.2. The molecule has 1 atom stereocenters. The molecule has 0 radical (unpaired) electrons. The minimum Gasteiger partial charge on any atom is -0.369 e. The fraction of sp³-hybridized carbons (Fsp3) is 0.429. The lowest BCUT2D eigenvalue weighted by Crippen LogP contribution is -2.54. The number of anilines is 1. The Kier molecular flexibility index (Phi) is 6.50. The topological polar surface area (TPSA) is 128 Å². The Labute approximate surface area is 220 Å². The number of nitriles is 1. The van der Waals surface area contributed by atoms with Gasteiger partial charge in [-0.1, -0.05) is 17.9 Å². The molecule has 38 heavy (non-hydrogen) atoms. The van der Waals surface area contributed by atoms with Gasteiger partial charge in [0.1, 0.15) is 12.1 Å². The SMILES string of the molecule is Cc1ccc(N2CC(C#Cc3cnn(C4(C)CCC4)c3C#N)C2)cc1C(=O)N(C=O)C1CCC(=O)NC1=O. The van der Waals surface area contributed by atoms with Crippen molar-refractivity contribution in [2.24, 2.45) is 5.92 Å². The normalized spacial score (nSPS) is 20.2. The Hall–Kier alpha value is -4.44. The maximum Gasteiger partial charge on any atom is 0.261 e. The van der Waals surface area contributed by atoms with Crippen LogP contribution in [-0.2, 0) is 19.9 Å². The minimum absolute atomic E-state index is 0.0687. The molecule has 3 fully saturated rings. The van der Waals surface area contributed by atoms with Crippen molar-refractivity contribution in [2.75, 3.05) is 18.0 Å². The van der Waals surface area contributed by atoms with Crippen LogP contribution in [0.4, 0.5) is 5.69 Å². The van der Waals surface area contributed by atoms with Crippen molar-refractivity contribution in [3.63, 3.8) is 0 Å². The van der Waals surface area contributed by atoms with E-state index in [-0.39, 0.29) is 24.3 Å². The minimum atomic E-state index is -1.01. The monoisotopic (exact) mass is 512 g/mol. The molecule has 1 N–H and O–H groups in total. The Bertz CT molecular complexity index is 1430. The van der Waals surface area contributed by atoms with Crippen LogP contribution in [0.3, 0.4) is 0 Å². The highest BCUT2D eigenvalue weighted by Gasteiger charge is 2.37. The van der Waals surface area contributed by atoms with E-state index in [2.05, 4.69) is 40.1 Å². The van der Waals surface area contributed by atoms with Gasteiger partial charge in [-0.2, -0.15) is 10.4 Å². The molecular formula is C28H28N6O4. The fourth-order valence-corrected chi connectivity index (χ4v) is 5.20. The van der Waals surface area contributed by atoms with Crippen molar-refractivity contribution in [1.29, 1.82) is 5.26 Å². The number of aromatic nitrogens is 2. The number of piperidine rings is 1. The molecule has 0 bridgehead atoms. The Morgan fingerprint density at radius 2 is 2.05 bits per heavy atom. The molecule has 1 aromatic carbocycles. The standard InChI is InChI=1S/C28H28N6O4/c1-18-4-7-21(12-22(18)27(38)33(17-35)23-8-9-25(36)31-26(23)37)32-15-19(16-32)5-6-20-14-30-34(24(20)13-29)28(2)10-3-11-28/h4,7,12,14,17,19,23H,3,8-11,15-16H2,1-2H3,(H,31,36,37). The first-order valence-electron chi connectivity index (χ1n) is 12.7. The van der Waals surface area contributed by atoms with Crippen LogP contribution in [0.25, 0.3) is 0 Å². The third-order valence-corrected chi connectivity index (χ3v) is 7.82. The van der Waals surface area contributed by atoms with Gasteiger partial charge in [0.15, 0.2) is 5.69 Å². The second-order valence-electron chi connectivity index (χ2n) is 10.4. The van der Waals surface area contributed by atoms with E-state index in [0.29, 0.717) is 41.9 Å². The zero-order valence-electron chi connectivity index (χ0n) is 21.4. The van der Waals surface area contributed by atoms with E-state index in [1.54, 1.807) is 19.2 Å². The van der Waals surface area contributed by atoms with Crippen molar-refractivity contribution in [2.45, 2.75) is 57.5 Å². The van der Waals surface area contributed by atoms with Crippen LogP contribution >= 0.6 is 0 Å². The maximum atomic E-state index is 13.2. The van der Waals surface area contributed by atoms with Crippen LogP contribution in [0.1, 0.15) is 66.2 Å². The average Bonchev–Trinajstić information content (AvgIpc) is 3.27. The molecule has 194 valence electrons. The predicted molar refractivity (Wildman–Crippen MR) is 137 cm³/mol. The van der Waals surface area contributed by atoms with Crippen LogP contribution in [0.15, 0.2) is 24.4 Å². The van der Waals surface area contributed by atoms with Crippen molar-refractivity contribution in [3.05, 3.63) is 46.8 Å². The van der Waals surface area contributed by atoms with Crippen molar-refractivity contribution >= 4 is 29.8 Å². The van der Waals surface area contributed by atoms with Crippen LogP contribution in [0.2, 0.25) is 0 Å². The number of benzene rings is 1. The lowest BCUT2D eigenvalue weighted by atomic mass is 9.78. The molecule has 1 saturated carbocycles. The Balaban J connectivity index is 1.27. The molecule has 0 spiro atoms. The second-order valence-corrected chi connectivity index (χ2v) is 10.4. The zero-order valence-corrected chi connectivity index (χ0v) is 21.4. The largest absolute Gasteiger partial charge is 0.369 e. The third kappa shape index (κ3) is 4.43. The summed E-state index contributed by atoms with van der Waals surface area (Å²) < 4.78 is 1.82. The predicted octanol–water partition coefficient (Wildman–Crippen LogP) is 1.85. The van der Waals surface area contributed by atoms with Gasteiger partial charge >= 0.3 is 0 Å². The third-order valence-electron chi connectivity index (χ3n) is 7.82. The van der Waals surface area contributed by atoms with E-state index < -0.39 is 23.8 Å². The molecule has 10 heteroatoms. The van der Waals surface area contributed by atoms with Crippen LogP contribution in [-0.4, -0.2) is 57.9 Å². The molecule has 2 aliphatic heterocycles. The Morgan fingerprint density at radius 1 is 1.29 bits per heavy atom. The number of carbonyl (C=O) groups is 4. The fourth-order valence-electron chi connectivity index (χ4n) is 5.20. The van der Waals surface area contributed by atoms with Gasteiger partial charge in [0.25, 0.3) is 5.91 Å². The summed E-state index contributed by atoms with van der Waals surface area (Å²) in [7, 11) is 0. The second kappa shape index (κ2) is 9.79. The van der Waals surface area contributed by atoms with Gasteiger partial charge in [-0.15, -0.1) is 0 Å². The molecule has 1 aliphatic carbocycles. The molecular weight excluding hydrogens is 484 g/mol. The summed E-state index contributed by atoms with van der Waals surface area (Å²) >= 11 is 0. The van der Waals surface area contributed by atoms with Crippen LogP contribution in [0.5, 0.6) is 0 Å². The van der Waals surface area contributed by atoms with Gasteiger partial charge in [0.05, 0.1) is 23.2 Å². The highest BCUT2D eigenvalue weighted by Crippen LogP contribution is 2.39. The van der Waals surface area contributed by atoms with E-state index in [1.807, 2.05) is 16.8 Å². The number of imide groups is 2. The molecule has 4 amide bonds. The summed E-state index contributed by atoms with van der Waals surface area (Å²) in [6, 6.07) is 6.69. The molecule has 2 saturated heterocycles. The summed E-state index contributed by atoms with van der Waals surface area (Å²) in [6.07, 6.45) is 5.35. The average molecular weight is 513 g/mol. The number of hydrogen-bond donors (Lipinski definition) is 1. The van der Waals surface area contributed by atoms with Gasteiger partial charge < -0.3 is 4.90 Å². The molecule has 5 rings (SSSR count). The van der Waals surface area contributed by atoms with Gasteiger partial charge in [-0.3, -0.25) is 29.4 Å². The number of amides is 4. The van der Waals surface area contributed by atoms with Gasteiger partial charge in [-0.25, -0.2) is 4.68 Å². The number of hydrogen-bond acceptors (Lipinski definition) is 7. The lowest BCUT2D eigenvalue weighted by molar-refractivity contribution is -0.139. The number of nitrogens with one attached hydrogen (secondary N) is 1. The molecule has 3 aliphatic rings. The van der Waals surface area contributed by atoms with Gasteiger partial charge in [0, 0.05) is 30.8 Å². The van der Waals surface area contributed by atoms with Crippen LogP contribution in [0, 0.1) is 36.0 Å². The molecule has 1 aromatic heterocycles. The quantitative estimate of drug-likeness (QED) is 0.368. The lowest BCUT2D eigenvalue weighted by Gasteiger charge is -2.39.